The lowest BCUT2D eigenvalue weighted by atomic mass is 10.0. The molecule has 0 radical (unpaired) electrons. The molecule has 1 saturated heterocycles. The summed E-state index contributed by atoms with van der Waals surface area (Å²) in [5.74, 6) is 1.28. The quantitative estimate of drug-likeness (QED) is 0.884. The summed E-state index contributed by atoms with van der Waals surface area (Å²) in [5.41, 5.74) is 0.148. The van der Waals surface area contributed by atoms with Gasteiger partial charge in [-0.25, -0.2) is 8.42 Å². The summed E-state index contributed by atoms with van der Waals surface area (Å²) in [6, 6.07) is 5.40. The SMILES string of the molecule is C[C@]1(NC(=O)Cc2ccc3c(c2)OCCO3)CCS(=O)(=O)C1. The minimum Gasteiger partial charge on any atom is -0.486 e. The van der Waals surface area contributed by atoms with Crippen LogP contribution in [0.25, 0.3) is 0 Å². The molecular formula is C15H19NO5S. The van der Waals surface area contributed by atoms with Crippen LogP contribution < -0.4 is 14.8 Å². The molecule has 1 aromatic rings. The molecule has 1 fully saturated rings. The average Bonchev–Trinajstić information content (AvgIpc) is 2.72. The summed E-state index contributed by atoms with van der Waals surface area (Å²) in [6.45, 7) is 2.80. The van der Waals surface area contributed by atoms with Crippen LogP contribution in [-0.4, -0.2) is 44.6 Å². The maximum atomic E-state index is 12.2. The lowest BCUT2D eigenvalue weighted by Crippen LogP contribution is -2.47. The van der Waals surface area contributed by atoms with Crippen molar-refractivity contribution in [2.75, 3.05) is 24.7 Å². The standard InChI is InChI=1S/C15H19NO5S/c1-15(4-7-22(18,19)10-15)16-14(17)9-11-2-3-12-13(8-11)21-6-5-20-12/h2-3,8H,4-7,9-10H2,1H3,(H,16,17)/t15-/m0/s1. The van der Waals surface area contributed by atoms with Crippen molar-refractivity contribution in [2.45, 2.75) is 25.3 Å². The highest BCUT2D eigenvalue weighted by Gasteiger charge is 2.39. The molecule has 2 heterocycles. The highest BCUT2D eigenvalue weighted by atomic mass is 32.2. The number of sulfone groups is 1. The number of fused-ring (bicyclic) bond motifs is 1. The van der Waals surface area contributed by atoms with E-state index in [-0.39, 0.29) is 23.8 Å². The fourth-order valence-corrected chi connectivity index (χ4v) is 4.97. The van der Waals surface area contributed by atoms with E-state index in [1.54, 1.807) is 19.1 Å². The van der Waals surface area contributed by atoms with Gasteiger partial charge in [0.05, 0.1) is 23.5 Å². The molecule has 0 spiro atoms. The van der Waals surface area contributed by atoms with Crippen LogP contribution in [0.5, 0.6) is 11.5 Å². The number of carbonyl (C=O) groups is 1. The van der Waals surface area contributed by atoms with Crippen LogP contribution in [0.4, 0.5) is 0 Å². The van der Waals surface area contributed by atoms with E-state index < -0.39 is 15.4 Å². The van der Waals surface area contributed by atoms with Gasteiger partial charge in [-0.05, 0) is 31.0 Å². The summed E-state index contributed by atoms with van der Waals surface area (Å²) in [7, 11) is -3.04. The monoisotopic (exact) mass is 325 g/mol. The first-order chi connectivity index (χ1) is 10.4. The first-order valence-corrected chi connectivity index (χ1v) is 9.07. The molecule has 120 valence electrons. The van der Waals surface area contributed by atoms with Gasteiger partial charge in [0.15, 0.2) is 21.3 Å². The average molecular weight is 325 g/mol. The Bertz CT molecular complexity index is 700. The van der Waals surface area contributed by atoms with Gasteiger partial charge in [0.2, 0.25) is 5.91 Å². The summed E-state index contributed by atoms with van der Waals surface area (Å²) in [4.78, 5) is 12.2. The van der Waals surface area contributed by atoms with Crippen LogP contribution in [0.1, 0.15) is 18.9 Å². The van der Waals surface area contributed by atoms with Gasteiger partial charge in [-0.1, -0.05) is 6.07 Å². The highest BCUT2D eigenvalue weighted by molar-refractivity contribution is 7.91. The smallest absolute Gasteiger partial charge is 0.224 e. The van der Waals surface area contributed by atoms with E-state index in [4.69, 9.17) is 9.47 Å². The number of amides is 1. The summed E-state index contributed by atoms with van der Waals surface area (Å²) < 4.78 is 34.1. The van der Waals surface area contributed by atoms with E-state index in [2.05, 4.69) is 5.32 Å². The van der Waals surface area contributed by atoms with E-state index in [0.29, 0.717) is 31.1 Å². The van der Waals surface area contributed by atoms with Gasteiger partial charge >= 0.3 is 0 Å². The third-order valence-corrected chi connectivity index (χ3v) is 5.82. The predicted molar refractivity (Wildman–Crippen MR) is 81.0 cm³/mol. The van der Waals surface area contributed by atoms with Gasteiger partial charge in [-0.3, -0.25) is 4.79 Å². The van der Waals surface area contributed by atoms with Crippen LogP contribution in [-0.2, 0) is 21.1 Å². The zero-order chi connectivity index (χ0) is 15.8. The molecule has 0 bridgehead atoms. The van der Waals surface area contributed by atoms with Gasteiger partial charge in [-0.2, -0.15) is 0 Å². The van der Waals surface area contributed by atoms with Crippen molar-refractivity contribution in [1.82, 2.24) is 5.32 Å². The number of nitrogens with one attached hydrogen (secondary N) is 1. The molecule has 6 nitrogen and oxygen atoms in total. The van der Waals surface area contributed by atoms with Gasteiger partial charge in [0.1, 0.15) is 13.2 Å². The molecule has 3 rings (SSSR count). The molecule has 0 saturated carbocycles. The van der Waals surface area contributed by atoms with Crippen molar-refractivity contribution in [3.63, 3.8) is 0 Å². The molecule has 7 heteroatoms. The number of ether oxygens (including phenoxy) is 2. The van der Waals surface area contributed by atoms with Crippen molar-refractivity contribution < 1.29 is 22.7 Å². The topological polar surface area (TPSA) is 81.7 Å². The first kappa shape index (κ1) is 15.1. The molecule has 0 unspecified atom stereocenters. The molecule has 2 aliphatic heterocycles. The van der Waals surface area contributed by atoms with Crippen LogP contribution in [0.3, 0.4) is 0 Å². The Morgan fingerprint density at radius 1 is 1.27 bits per heavy atom. The van der Waals surface area contributed by atoms with Crippen molar-refractivity contribution >= 4 is 15.7 Å². The van der Waals surface area contributed by atoms with E-state index >= 15 is 0 Å². The Kier molecular flexibility index (Phi) is 3.76. The fourth-order valence-electron chi connectivity index (χ4n) is 2.87. The summed E-state index contributed by atoms with van der Waals surface area (Å²) in [6.07, 6.45) is 0.647. The lowest BCUT2D eigenvalue weighted by Gasteiger charge is -2.24. The van der Waals surface area contributed by atoms with Crippen LogP contribution in [0.2, 0.25) is 0 Å². The maximum absolute atomic E-state index is 12.2. The largest absolute Gasteiger partial charge is 0.486 e. The third kappa shape index (κ3) is 3.35. The molecule has 1 aromatic carbocycles. The number of benzene rings is 1. The van der Waals surface area contributed by atoms with Gasteiger partial charge in [0, 0.05) is 0 Å². The van der Waals surface area contributed by atoms with Crippen molar-refractivity contribution in [3.8, 4) is 11.5 Å². The molecule has 1 amide bonds. The van der Waals surface area contributed by atoms with E-state index in [1.807, 2.05) is 6.07 Å². The first-order valence-electron chi connectivity index (χ1n) is 7.25. The van der Waals surface area contributed by atoms with Gasteiger partial charge in [0.25, 0.3) is 0 Å². The molecule has 22 heavy (non-hydrogen) atoms. The van der Waals surface area contributed by atoms with Gasteiger partial charge in [-0.15, -0.1) is 0 Å². The second kappa shape index (κ2) is 5.46. The van der Waals surface area contributed by atoms with Crippen molar-refractivity contribution in [1.29, 1.82) is 0 Å². The molecule has 1 N–H and O–H groups in total. The van der Waals surface area contributed by atoms with Crippen molar-refractivity contribution in [2.24, 2.45) is 0 Å². The van der Waals surface area contributed by atoms with Crippen LogP contribution >= 0.6 is 0 Å². The molecule has 0 aromatic heterocycles. The summed E-state index contributed by atoms with van der Waals surface area (Å²) in [5, 5.41) is 2.85. The number of rotatable bonds is 3. The number of hydrogen-bond acceptors (Lipinski definition) is 5. The Labute approximate surface area is 129 Å². The Balaban J connectivity index is 1.65. The second-order valence-corrected chi connectivity index (χ2v) is 8.29. The minimum absolute atomic E-state index is 0.00682. The third-order valence-electron chi connectivity index (χ3n) is 3.92. The fraction of sp³-hybridized carbons (Fsp3) is 0.533. The normalized spacial score (nSPS) is 25.7. The van der Waals surface area contributed by atoms with Crippen molar-refractivity contribution in [3.05, 3.63) is 23.8 Å². The van der Waals surface area contributed by atoms with Gasteiger partial charge < -0.3 is 14.8 Å². The summed E-state index contributed by atoms with van der Waals surface area (Å²) >= 11 is 0. The Morgan fingerprint density at radius 2 is 2.00 bits per heavy atom. The number of carbonyl (C=O) groups excluding carboxylic acids is 1. The van der Waals surface area contributed by atoms with E-state index in [9.17, 15) is 13.2 Å². The predicted octanol–water partition coefficient (Wildman–Crippen LogP) is 0.694. The lowest BCUT2D eigenvalue weighted by molar-refractivity contribution is -0.121. The van der Waals surface area contributed by atoms with E-state index in [0.717, 1.165) is 5.56 Å². The van der Waals surface area contributed by atoms with E-state index in [1.165, 1.54) is 0 Å². The second-order valence-electron chi connectivity index (χ2n) is 6.11. The molecule has 2 aliphatic rings. The van der Waals surface area contributed by atoms with Crippen LogP contribution in [0.15, 0.2) is 18.2 Å². The zero-order valence-electron chi connectivity index (χ0n) is 12.4. The molecule has 0 aliphatic carbocycles. The minimum atomic E-state index is -3.04. The number of hydrogen-bond donors (Lipinski definition) is 1. The Morgan fingerprint density at radius 3 is 2.68 bits per heavy atom. The highest BCUT2D eigenvalue weighted by Crippen LogP contribution is 2.31. The Hall–Kier alpha value is -1.76. The van der Waals surface area contributed by atoms with Crippen LogP contribution in [0, 0.1) is 0 Å². The maximum Gasteiger partial charge on any atom is 0.224 e. The molecular weight excluding hydrogens is 306 g/mol. The molecule has 1 atom stereocenters. The zero-order valence-corrected chi connectivity index (χ0v) is 13.2.